The van der Waals surface area contributed by atoms with Crippen molar-refractivity contribution in [2.75, 3.05) is 25.2 Å². The van der Waals surface area contributed by atoms with Crippen LogP contribution in [0.4, 0.5) is 0 Å². The minimum Gasteiger partial charge on any atom is -0.477 e. The smallest absolute Gasteiger partial charge is 0.352 e. The Kier molecular flexibility index (Phi) is 10.0. The summed E-state index contributed by atoms with van der Waals surface area (Å²) < 4.78 is 17.5. The lowest BCUT2D eigenvalue weighted by Gasteiger charge is -2.47. The van der Waals surface area contributed by atoms with Crippen LogP contribution in [0.15, 0.2) is 41.6 Å². The number of nitrogens with zero attached hydrogens (tertiary/aromatic N) is 1. The molecule has 2 atom stereocenters. The van der Waals surface area contributed by atoms with Crippen LogP contribution in [-0.4, -0.2) is 71.0 Å². The van der Waals surface area contributed by atoms with Crippen LogP contribution in [0.5, 0.6) is 0 Å². The van der Waals surface area contributed by atoms with Crippen molar-refractivity contribution < 1.29 is 33.7 Å². The number of carboxylic acids is 1. The van der Waals surface area contributed by atoms with E-state index in [1.54, 1.807) is 13.8 Å². The van der Waals surface area contributed by atoms with Gasteiger partial charge in [-0.15, -0.1) is 0 Å². The maximum atomic E-state index is 12.9. The molecule has 1 heterocycles. The Morgan fingerprint density at radius 3 is 2.24 bits per heavy atom. The molecule has 1 fully saturated rings. The lowest BCUT2D eigenvalue weighted by atomic mass is 10.0. The first-order valence-corrected chi connectivity index (χ1v) is 11.8. The molecule has 9 nitrogen and oxygen atoms in total. The first-order valence-electron chi connectivity index (χ1n) is 10.7. The minimum atomic E-state index is -1.26. The molecule has 1 aliphatic rings. The Labute approximate surface area is 202 Å². The standard InChI is InChI=1S/C23H31BrN2O7/c1-5-32-23(13-24,33-6-2)14-31-21-18(20(28)26(21)19(15(3)4)22(29)30)25-17(27)12-16-10-8-7-9-11-16/h7-11,18,21H,5-6,12-14H2,1-4H3,(H,25,27)(H,29,30). The lowest BCUT2D eigenvalue weighted by Crippen LogP contribution is -2.72. The van der Waals surface area contributed by atoms with Gasteiger partial charge in [0.2, 0.25) is 11.7 Å². The van der Waals surface area contributed by atoms with E-state index in [1.165, 1.54) is 0 Å². The number of likely N-dealkylation sites (tertiary alicyclic amines) is 1. The third-order valence-electron chi connectivity index (χ3n) is 4.98. The van der Waals surface area contributed by atoms with Crippen molar-refractivity contribution >= 4 is 33.7 Å². The van der Waals surface area contributed by atoms with Crippen molar-refractivity contribution in [3.05, 3.63) is 47.2 Å². The highest BCUT2D eigenvalue weighted by molar-refractivity contribution is 9.09. The Balaban J connectivity index is 2.25. The van der Waals surface area contributed by atoms with Crippen LogP contribution in [0.1, 0.15) is 33.3 Å². The molecule has 0 aliphatic carbocycles. The Morgan fingerprint density at radius 1 is 1.15 bits per heavy atom. The number of carbonyl (C=O) groups excluding carboxylic acids is 2. The van der Waals surface area contributed by atoms with E-state index in [1.807, 2.05) is 44.2 Å². The van der Waals surface area contributed by atoms with Gasteiger partial charge in [-0.3, -0.25) is 14.5 Å². The van der Waals surface area contributed by atoms with Gasteiger partial charge in [0.25, 0.3) is 5.91 Å². The average molecular weight is 527 g/mol. The molecule has 1 saturated heterocycles. The molecule has 10 heteroatoms. The highest BCUT2D eigenvalue weighted by atomic mass is 79.9. The van der Waals surface area contributed by atoms with Gasteiger partial charge in [-0.05, 0) is 38.8 Å². The molecule has 0 radical (unpaired) electrons. The SMILES string of the molecule is CCOC(CBr)(COC1C(NC(=O)Cc2ccccc2)C(=O)N1C(C(=O)O)=C(C)C)OCC. The van der Waals surface area contributed by atoms with Crippen LogP contribution in [0.2, 0.25) is 0 Å². The summed E-state index contributed by atoms with van der Waals surface area (Å²) in [4.78, 5) is 38.4. The third kappa shape index (κ3) is 6.63. The van der Waals surface area contributed by atoms with Crippen molar-refractivity contribution in [2.45, 2.75) is 52.2 Å². The van der Waals surface area contributed by atoms with Gasteiger partial charge in [-0.25, -0.2) is 4.79 Å². The van der Waals surface area contributed by atoms with Crippen LogP contribution in [0, 0.1) is 0 Å². The Bertz CT molecular complexity index is 865. The molecule has 1 aromatic rings. The van der Waals surface area contributed by atoms with Crippen LogP contribution in [0.25, 0.3) is 0 Å². The molecular formula is C23H31BrN2O7. The molecule has 33 heavy (non-hydrogen) atoms. The van der Waals surface area contributed by atoms with E-state index in [0.29, 0.717) is 24.1 Å². The first kappa shape index (κ1) is 27.0. The summed E-state index contributed by atoms with van der Waals surface area (Å²) in [5.74, 6) is -3.31. The second-order valence-electron chi connectivity index (χ2n) is 7.68. The molecule has 0 aromatic heterocycles. The van der Waals surface area contributed by atoms with Crippen molar-refractivity contribution in [3.63, 3.8) is 0 Å². The fourth-order valence-corrected chi connectivity index (χ4v) is 4.03. The molecule has 2 unspecified atom stereocenters. The van der Waals surface area contributed by atoms with Crippen LogP contribution >= 0.6 is 15.9 Å². The average Bonchev–Trinajstić information content (AvgIpc) is 2.77. The second kappa shape index (κ2) is 12.3. The molecule has 2 N–H and O–H groups in total. The highest BCUT2D eigenvalue weighted by Crippen LogP contribution is 2.30. The summed E-state index contributed by atoms with van der Waals surface area (Å²) >= 11 is 3.38. The molecular weight excluding hydrogens is 496 g/mol. The summed E-state index contributed by atoms with van der Waals surface area (Å²) in [7, 11) is 0. The number of amides is 2. The number of rotatable bonds is 13. The number of alkyl halides is 1. The van der Waals surface area contributed by atoms with Crippen molar-refractivity contribution in [2.24, 2.45) is 0 Å². The van der Waals surface area contributed by atoms with E-state index in [2.05, 4.69) is 21.2 Å². The zero-order chi connectivity index (χ0) is 24.6. The number of benzene rings is 1. The number of β-lactam (4-membered cyclic amide) rings is 1. The van der Waals surface area contributed by atoms with E-state index in [9.17, 15) is 19.5 Å². The quantitative estimate of drug-likeness (QED) is 0.175. The maximum Gasteiger partial charge on any atom is 0.352 e. The summed E-state index contributed by atoms with van der Waals surface area (Å²) in [6.45, 7) is 7.44. The third-order valence-corrected chi connectivity index (χ3v) is 5.83. The van der Waals surface area contributed by atoms with E-state index in [-0.39, 0.29) is 24.6 Å². The number of ether oxygens (including phenoxy) is 3. The first-order chi connectivity index (χ1) is 15.7. The number of nitrogens with one attached hydrogen (secondary N) is 1. The number of hydrogen-bond acceptors (Lipinski definition) is 6. The predicted octanol–water partition coefficient (Wildman–Crippen LogP) is 2.44. The van der Waals surface area contributed by atoms with Gasteiger partial charge in [-0.2, -0.15) is 0 Å². The molecule has 182 valence electrons. The number of allylic oxidation sites excluding steroid dienone is 1. The molecule has 0 saturated carbocycles. The van der Waals surface area contributed by atoms with Gasteiger partial charge in [0.15, 0.2) is 12.3 Å². The Morgan fingerprint density at radius 2 is 1.76 bits per heavy atom. The number of carboxylic acid groups (broad SMARTS) is 1. The van der Waals surface area contributed by atoms with Gasteiger partial charge >= 0.3 is 5.97 Å². The van der Waals surface area contributed by atoms with Gasteiger partial charge in [0.1, 0.15) is 12.3 Å². The molecule has 2 rings (SSSR count). The highest BCUT2D eigenvalue weighted by Gasteiger charge is 2.53. The molecule has 0 bridgehead atoms. The number of hydrogen-bond donors (Lipinski definition) is 2. The van der Waals surface area contributed by atoms with Crippen molar-refractivity contribution in [1.29, 1.82) is 0 Å². The zero-order valence-electron chi connectivity index (χ0n) is 19.3. The monoisotopic (exact) mass is 526 g/mol. The summed E-state index contributed by atoms with van der Waals surface area (Å²) in [6.07, 6.45) is -0.952. The van der Waals surface area contributed by atoms with Gasteiger partial charge < -0.3 is 24.6 Å². The molecule has 0 spiro atoms. The molecule has 2 amide bonds. The molecule has 1 aliphatic heterocycles. The normalized spacial score (nSPS) is 18.0. The number of aliphatic carboxylic acids is 1. The van der Waals surface area contributed by atoms with Crippen LogP contribution in [-0.2, 0) is 35.0 Å². The number of halogens is 1. The minimum absolute atomic E-state index is 0.0784. The van der Waals surface area contributed by atoms with E-state index >= 15 is 0 Å². The Hall–Kier alpha value is -2.27. The van der Waals surface area contributed by atoms with Crippen molar-refractivity contribution in [3.8, 4) is 0 Å². The molecule has 1 aromatic carbocycles. The predicted molar refractivity (Wildman–Crippen MR) is 124 cm³/mol. The zero-order valence-corrected chi connectivity index (χ0v) is 20.9. The van der Waals surface area contributed by atoms with E-state index in [4.69, 9.17) is 14.2 Å². The topological polar surface area (TPSA) is 114 Å². The summed E-state index contributed by atoms with van der Waals surface area (Å²) in [6, 6.07) is 8.07. The van der Waals surface area contributed by atoms with E-state index < -0.39 is 29.9 Å². The van der Waals surface area contributed by atoms with Gasteiger partial charge in [0.05, 0.1) is 11.8 Å². The fraction of sp³-hybridized carbons (Fsp3) is 0.522. The fourth-order valence-electron chi connectivity index (χ4n) is 3.55. The summed E-state index contributed by atoms with van der Waals surface area (Å²) in [5.41, 5.74) is 1.04. The van der Waals surface area contributed by atoms with Crippen molar-refractivity contribution in [1.82, 2.24) is 10.2 Å². The summed E-state index contributed by atoms with van der Waals surface area (Å²) in [5, 5.41) is 12.6. The number of carbonyl (C=O) groups is 3. The maximum absolute atomic E-state index is 12.9. The second-order valence-corrected chi connectivity index (χ2v) is 8.24. The largest absolute Gasteiger partial charge is 0.477 e. The van der Waals surface area contributed by atoms with E-state index in [0.717, 1.165) is 10.5 Å². The lowest BCUT2D eigenvalue weighted by molar-refractivity contribution is -0.263. The van der Waals surface area contributed by atoms with Crippen LogP contribution in [0.3, 0.4) is 0 Å². The van der Waals surface area contributed by atoms with Crippen LogP contribution < -0.4 is 5.32 Å². The van der Waals surface area contributed by atoms with Gasteiger partial charge in [-0.1, -0.05) is 46.3 Å². The van der Waals surface area contributed by atoms with Gasteiger partial charge in [0, 0.05) is 13.2 Å².